The Labute approximate surface area is 161 Å². The van der Waals surface area contributed by atoms with Crippen LogP contribution in [0.5, 0.6) is 0 Å². The first-order valence-corrected chi connectivity index (χ1v) is 9.41. The molecule has 0 amide bonds. The Morgan fingerprint density at radius 3 is 2.61 bits per heavy atom. The second-order valence-electron chi connectivity index (χ2n) is 7.88. The number of pyridine rings is 1. The minimum absolute atomic E-state index is 0.321. The third kappa shape index (κ3) is 3.31. The van der Waals surface area contributed by atoms with Crippen molar-refractivity contribution in [2.75, 3.05) is 18.0 Å². The molecule has 1 N–H and O–H groups in total. The summed E-state index contributed by atoms with van der Waals surface area (Å²) in [5, 5.41) is 9.68. The van der Waals surface area contributed by atoms with Crippen molar-refractivity contribution in [2.24, 2.45) is 11.3 Å². The maximum absolute atomic E-state index is 13.6. The summed E-state index contributed by atoms with van der Waals surface area (Å²) in [7, 11) is 0. The fraction of sp³-hybridized carbons (Fsp3) is 0.500. The molecule has 8 heteroatoms. The van der Waals surface area contributed by atoms with Gasteiger partial charge in [0.25, 0.3) is 0 Å². The van der Waals surface area contributed by atoms with Crippen molar-refractivity contribution in [3.63, 3.8) is 0 Å². The average molecular weight is 388 g/mol. The molecule has 2 aromatic rings. The van der Waals surface area contributed by atoms with Crippen LogP contribution in [-0.2, 0) is 4.79 Å². The zero-order valence-electron chi connectivity index (χ0n) is 15.6. The number of halogens is 2. The number of aryl methyl sites for hydroxylation is 1. The van der Waals surface area contributed by atoms with Gasteiger partial charge in [-0.1, -0.05) is 0 Å². The van der Waals surface area contributed by atoms with Crippen molar-refractivity contribution >= 4 is 11.8 Å². The summed E-state index contributed by atoms with van der Waals surface area (Å²) in [5.41, 5.74) is 0.300. The molecule has 4 rings (SSSR count). The van der Waals surface area contributed by atoms with E-state index in [1.807, 2.05) is 30.0 Å². The van der Waals surface area contributed by atoms with Crippen LogP contribution in [-0.4, -0.2) is 45.0 Å². The van der Waals surface area contributed by atoms with Gasteiger partial charge in [0.2, 0.25) is 5.92 Å². The summed E-state index contributed by atoms with van der Waals surface area (Å²) in [5.74, 6) is -3.03. The number of nitrogens with zero attached hydrogens (tertiary/aromatic N) is 4. The molecule has 1 unspecified atom stereocenters. The van der Waals surface area contributed by atoms with Crippen molar-refractivity contribution in [3.8, 4) is 11.4 Å². The molecule has 1 saturated heterocycles. The number of alkyl halides is 2. The monoisotopic (exact) mass is 388 g/mol. The number of aliphatic carboxylic acids is 1. The van der Waals surface area contributed by atoms with E-state index in [-0.39, 0.29) is 5.92 Å². The van der Waals surface area contributed by atoms with Crippen molar-refractivity contribution < 1.29 is 18.7 Å². The van der Waals surface area contributed by atoms with Gasteiger partial charge in [-0.2, -0.15) is 0 Å². The third-order valence-corrected chi connectivity index (χ3v) is 5.88. The molecule has 0 radical (unpaired) electrons. The highest BCUT2D eigenvalue weighted by atomic mass is 19.3. The van der Waals surface area contributed by atoms with Gasteiger partial charge in [-0.05, 0) is 37.8 Å². The normalized spacial score (nSPS) is 23.1. The van der Waals surface area contributed by atoms with Crippen LogP contribution >= 0.6 is 0 Å². The largest absolute Gasteiger partial charge is 0.481 e. The first-order chi connectivity index (χ1) is 13.3. The van der Waals surface area contributed by atoms with E-state index < -0.39 is 30.1 Å². The van der Waals surface area contributed by atoms with Crippen LogP contribution in [0.4, 0.5) is 14.6 Å². The van der Waals surface area contributed by atoms with Gasteiger partial charge in [0, 0.05) is 55.6 Å². The Balaban J connectivity index is 1.60. The molecule has 1 atom stereocenters. The number of hydrogen-bond donors (Lipinski definition) is 1. The van der Waals surface area contributed by atoms with Crippen LogP contribution in [0.2, 0.25) is 0 Å². The Hall–Kier alpha value is -2.64. The van der Waals surface area contributed by atoms with Crippen LogP contribution in [0.1, 0.15) is 31.4 Å². The number of rotatable bonds is 4. The number of carbonyl (C=O) groups is 1. The predicted octanol–water partition coefficient (Wildman–Crippen LogP) is 3.56. The van der Waals surface area contributed by atoms with Crippen LogP contribution in [0.25, 0.3) is 11.4 Å². The summed E-state index contributed by atoms with van der Waals surface area (Å²) >= 11 is 0. The summed E-state index contributed by atoms with van der Waals surface area (Å²) in [4.78, 5) is 27.0. The van der Waals surface area contributed by atoms with Gasteiger partial charge in [0.15, 0.2) is 5.82 Å². The molecule has 6 nitrogen and oxygen atoms in total. The highest BCUT2D eigenvalue weighted by Gasteiger charge is 2.64. The summed E-state index contributed by atoms with van der Waals surface area (Å²) < 4.78 is 27.1. The summed E-state index contributed by atoms with van der Waals surface area (Å²) in [6.45, 7) is 3.01. The third-order valence-electron chi connectivity index (χ3n) is 5.88. The van der Waals surface area contributed by atoms with Crippen LogP contribution in [0, 0.1) is 18.3 Å². The van der Waals surface area contributed by atoms with Crippen molar-refractivity contribution in [1.82, 2.24) is 15.0 Å². The number of hydrogen-bond acceptors (Lipinski definition) is 5. The SMILES string of the molecule is Cc1cc(N2CCCC(C3(C(=O)O)CC(F)(F)C3)C2)nc(-c2ccncc2)n1. The lowest BCUT2D eigenvalue weighted by molar-refractivity contribution is -0.207. The molecule has 1 aliphatic carbocycles. The molecule has 1 aliphatic heterocycles. The topological polar surface area (TPSA) is 79.2 Å². The average Bonchev–Trinajstić information content (AvgIpc) is 2.66. The molecule has 0 spiro atoms. The van der Waals surface area contributed by atoms with Gasteiger partial charge in [-0.25, -0.2) is 18.7 Å². The molecule has 3 heterocycles. The molecule has 148 valence electrons. The van der Waals surface area contributed by atoms with E-state index in [0.29, 0.717) is 24.6 Å². The van der Waals surface area contributed by atoms with E-state index >= 15 is 0 Å². The zero-order chi connectivity index (χ0) is 19.9. The molecule has 2 fully saturated rings. The maximum Gasteiger partial charge on any atom is 0.310 e. The number of anilines is 1. The minimum atomic E-state index is -2.87. The lowest BCUT2D eigenvalue weighted by Crippen LogP contribution is -2.58. The molecule has 1 saturated carbocycles. The van der Waals surface area contributed by atoms with Crippen LogP contribution < -0.4 is 4.90 Å². The van der Waals surface area contributed by atoms with Gasteiger partial charge in [0.05, 0.1) is 5.41 Å². The Morgan fingerprint density at radius 1 is 1.25 bits per heavy atom. The van der Waals surface area contributed by atoms with Gasteiger partial charge in [-0.15, -0.1) is 0 Å². The van der Waals surface area contributed by atoms with E-state index in [1.165, 1.54) is 0 Å². The van der Waals surface area contributed by atoms with Crippen molar-refractivity contribution in [3.05, 3.63) is 36.3 Å². The molecule has 2 aromatic heterocycles. The van der Waals surface area contributed by atoms with Gasteiger partial charge in [0.1, 0.15) is 5.82 Å². The number of carboxylic acid groups (broad SMARTS) is 1. The second kappa shape index (κ2) is 6.76. The van der Waals surface area contributed by atoms with Gasteiger partial charge in [-0.3, -0.25) is 9.78 Å². The number of carboxylic acids is 1. The van der Waals surface area contributed by atoms with Crippen LogP contribution in [0.15, 0.2) is 30.6 Å². The first-order valence-electron chi connectivity index (χ1n) is 9.41. The summed E-state index contributed by atoms with van der Waals surface area (Å²) in [6, 6.07) is 5.51. The smallest absolute Gasteiger partial charge is 0.310 e. The highest BCUT2D eigenvalue weighted by Crippen LogP contribution is 2.58. The Morgan fingerprint density at radius 2 is 1.96 bits per heavy atom. The molecule has 0 bridgehead atoms. The fourth-order valence-corrected chi connectivity index (χ4v) is 4.47. The molecule has 28 heavy (non-hydrogen) atoms. The molecular weight excluding hydrogens is 366 g/mol. The maximum atomic E-state index is 13.6. The summed E-state index contributed by atoms with van der Waals surface area (Å²) in [6.07, 6.45) is 3.59. The zero-order valence-corrected chi connectivity index (χ0v) is 15.6. The Kier molecular flexibility index (Phi) is 4.51. The Bertz CT molecular complexity index is 883. The number of piperidine rings is 1. The van der Waals surface area contributed by atoms with E-state index in [0.717, 1.165) is 24.2 Å². The van der Waals surface area contributed by atoms with Crippen molar-refractivity contribution in [1.29, 1.82) is 0 Å². The predicted molar refractivity (Wildman–Crippen MR) is 99.2 cm³/mol. The van der Waals surface area contributed by atoms with E-state index in [4.69, 9.17) is 0 Å². The van der Waals surface area contributed by atoms with Crippen molar-refractivity contribution in [2.45, 2.75) is 38.5 Å². The standard InChI is InChI=1S/C20H22F2N4O2/c1-13-9-16(25-17(24-13)14-4-6-23-7-5-14)26-8-2-3-15(10-26)19(18(27)28)11-20(21,22)12-19/h4-7,9,15H,2-3,8,10-12H2,1H3,(H,27,28). The fourth-order valence-electron chi connectivity index (χ4n) is 4.47. The highest BCUT2D eigenvalue weighted by molar-refractivity contribution is 5.77. The van der Waals surface area contributed by atoms with E-state index in [2.05, 4.69) is 15.0 Å². The molecule has 2 aliphatic rings. The second-order valence-corrected chi connectivity index (χ2v) is 7.88. The van der Waals surface area contributed by atoms with E-state index in [9.17, 15) is 18.7 Å². The first kappa shape index (κ1) is 18.7. The molecule has 0 aromatic carbocycles. The van der Waals surface area contributed by atoms with Gasteiger partial charge >= 0.3 is 5.97 Å². The van der Waals surface area contributed by atoms with E-state index in [1.54, 1.807) is 12.4 Å². The quantitative estimate of drug-likeness (QED) is 0.863. The van der Waals surface area contributed by atoms with Crippen LogP contribution in [0.3, 0.4) is 0 Å². The van der Waals surface area contributed by atoms with Gasteiger partial charge < -0.3 is 10.0 Å². The molecular formula is C20H22F2N4O2. The lowest BCUT2D eigenvalue weighted by atomic mass is 9.57. The number of aromatic nitrogens is 3. The minimum Gasteiger partial charge on any atom is -0.481 e. The lowest BCUT2D eigenvalue weighted by Gasteiger charge is -2.51.